The Bertz CT molecular complexity index is 389. The molecule has 0 aromatic heterocycles. The minimum atomic E-state index is 0.214. The average Bonchev–Trinajstić information content (AvgIpc) is 2.47. The van der Waals surface area contributed by atoms with Gasteiger partial charge in [0.05, 0.1) is 13.2 Å². The van der Waals surface area contributed by atoms with Gasteiger partial charge in [0.1, 0.15) is 6.61 Å². The van der Waals surface area contributed by atoms with Crippen LogP contribution in [0.2, 0.25) is 0 Å². The molecule has 0 bridgehead atoms. The molecular formula is C15H23NO3. The van der Waals surface area contributed by atoms with E-state index in [-0.39, 0.29) is 6.10 Å². The second-order valence-electron chi connectivity index (χ2n) is 4.82. The van der Waals surface area contributed by atoms with Gasteiger partial charge < -0.3 is 19.5 Å². The number of hydrogen-bond acceptors (Lipinski definition) is 4. The van der Waals surface area contributed by atoms with Gasteiger partial charge in [-0.15, -0.1) is 0 Å². The molecule has 0 radical (unpaired) electrons. The second kappa shape index (κ2) is 7.36. The molecule has 1 heterocycles. The first-order chi connectivity index (χ1) is 9.33. The van der Waals surface area contributed by atoms with Crippen LogP contribution in [-0.4, -0.2) is 33.5 Å². The molecule has 1 atom stereocenters. The zero-order valence-corrected chi connectivity index (χ0v) is 11.8. The number of rotatable bonds is 6. The Morgan fingerprint density at radius 3 is 2.89 bits per heavy atom. The highest BCUT2D eigenvalue weighted by atomic mass is 16.5. The third-order valence-electron chi connectivity index (χ3n) is 3.31. The quantitative estimate of drug-likeness (QED) is 0.857. The fourth-order valence-corrected chi connectivity index (χ4v) is 2.27. The first kappa shape index (κ1) is 14.2. The van der Waals surface area contributed by atoms with E-state index in [1.165, 1.54) is 12.0 Å². The Morgan fingerprint density at radius 1 is 1.32 bits per heavy atom. The molecule has 4 nitrogen and oxygen atoms in total. The summed E-state index contributed by atoms with van der Waals surface area (Å²) in [6, 6.07) is 6.02. The van der Waals surface area contributed by atoms with Crippen molar-refractivity contribution in [2.75, 3.05) is 27.4 Å². The van der Waals surface area contributed by atoms with Gasteiger partial charge in [0.2, 0.25) is 0 Å². The Labute approximate surface area is 115 Å². The van der Waals surface area contributed by atoms with Crippen molar-refractivity contribution in [3.63, 3.8) is 0 Å². The lowest BCUT2D eigenvalue weighted by Crippen LogP contribution is -2.25. The van der Waals surface area contributed by atoms with E-state index in [0.29, 0.717) is 6.61 Å². The zero-order valence-electron chi connectivity index (χ0n) is 11.8. The van der Waals surface area contributed by atoms with E-state index in [4.69, 9.17) is 14.2 Å². The van der Waals surface area contributed by atoms with Crippen LogP contribution in [-0.2, 0) is 11.3 Å². The van der Waals surface area contributed by atoms with Crippen molar-refractivity contribution in [2.24, 2.45) is 0 Å². The maximum Gasteiger partial charge on any atom is 0.161 e. The van der Waals surface area contributed by atoms with Crippen molar-refractivity contribution in [1.82, 2.24) is 5.32 Å². The van der Waals surface area contributed by atoms with Crippen LogP contribution >= 0.6 is 0 Å². The van der Waals surface area contributed by atoms with E-state index < -0.39 is 0 Å². The lowest BCUT2D eigenvalue weighted by atomic mass is 10.1. The smallest absolute Gasteiger partial charge is 0.161 e. The molecule has 1 aromatic rings. The van der Waals surface area contributed by atoms with Crippen LogP contribution in [0.4, 0.5) is 0 Å². The maximum atomic E-state index is 5.88. The summed E-state index contributed by atoms with van der Waals surface area (Å²) in [6.07, 6.45) is 3.69. The zero-order chi connectivity index (χ0) is 13.5. The van der Waals surface area contributed by atoms with E-state index in [0.717, 1.165) is 37.5 Å². The lowest BCUT2D eigenvalue weighted by molar-refractivity contribution is -0.0115. The summed E-state index contributed by atoms with van der Waals surface area (Å²) < 4.78 is 16.9. The van der Waals surface area contributed by atoms with Gasteiger partial charge in [-0.25, -0.2) is 0 Å². The molecule has 1 unspecified atom stereocenters. The number of benzene rings is 1. The van der Waals surface area contributed by atoms with Gasteiger partial charge in [-0.1, -0.05) is 6.07 Å². The summed E-state index contributed by atoms with van der Waals surface area (Å²) in [7, 11) is 3.59. The molecule has 1 aliphatic rings. The highest BCUT2D eigenvalue weighted by Crippen LogP contribution is 2.28. The normalized spacial score (nSPS) is 19.2. The summed E-state index contributed by atoms with van der Waals surface area (Å²) in [5.41, 5.74) is 1.18. The molecule has 4 heteroatoms. The highest BCUT2D eigenvalue weighted by Gasteiger charge is 2.15. The van der Waals surface area contributed by atoms with Crippen LogP contribution in [0.25, 0.3) is 0 Å². The molecule has 0 spiro atoms. The molecule has 2 rings (SSSR count). The lowest BCUT2D eigenvalue weighted by Gasteiger charge is -2.23. The van der Waals surface area contributed by atoms with Crippen molar-refractivity contribution in [3.8, 4) is 11.5 Å². The Morgan fingerprint density at radius 2 is 2.21 bits per heavy atom. The molecule has 1 aliphatic heterocycles. The van der Waals surface area contributed by atoms with E-state index in [2.05, 4.69) is 5.32 Å². The molecule has 0 aliphatic carbocycles. The van der Waals surface area contributed by atoms with E-state index in [1.807, 2.05) is 25.2 Å². The van der Waals surface area contributed by atoms with Crippen LogP contribution < -0.4 is 14.8 Å². The first-order valence-corrected chi connectivity index (χ1v) is 6.89. The standard InChI is InChI=1S/C15H23NO3/c1-16-10-12-6-7-14(17-2)15(9-12)19-11-13-5-3-4-8-18-13/h6-7,9,13,16H,3-5,8,10-11H2,1-2H3. The predicted molar refractivity (Wildman–Crippen MR) is 74.8 cm³/mol. The largest absolute Gasteiger partial charge is 0.493 e. The number of hydrogen-bond donors (Lipinski definition) is 1. The van der Waals surface area contributed by atoms with E-state index >= 15 is 0 Å². The molecule has 1 aromatic carbocycles. The van der Waals surface area contributed by atoms with E-state index in [9.17, 15) is 0 Å². The van der Waals surface area contributed by atoms with Crippen molar-refractivity contribution in [1.29, 1.82) is 0 Å². The van der Waals surface area contributed by atoms with Gasteiger partial charge in [0.25, 0.3) is 0 Å². The monoisotopic (exact) mass is 265 g/mol. The molecule has 1 fully saturated rings. The average molecular weight is 265 g/mol. The van der Waals surface area contributed by atoms with Crippen LogP contribution in [0.15, 0.2) is 18.2 Å². The molecule has 19 heavy (non-hydrogen) atoms. The molecule has 106 valence electrons. The molecule has 1 saturated heterocycles. The fraction of sp³-hybridized carbons (Fsp3) is 0.600. The summed E-state index contributed by atoms with van der Waals surface area (Å²) in [5, 5.41) is 3.13. The summed E-state index contributed by atoms with van der Waals surface area (Å²) >= 11 is 0. The van der Waals surface area contributed by atoms with Crippen molar-refractivity contribution < 1.29 is 14.2 Å². The van der Waals surface area contributed by atoms with Gasteiger partial charge in [0, 0.05) is 13.2 Å². The molecule has 0 amide bonds. The van der Waals surface area contributed by atoms with Crippen LogP contribution in [0.1, 0.15) is 24.8 Å². The van der Waals surface area contributed by atoms with Crippen LogP contribution in [0.5, 0.6) is 11.5 Å². The maximum absolute atomic E-state index is 5.88. The number of nitrogens with one attached hydrogen (secondary N) is 1. The van der Waals surface area contributed by atoms with Crippen molar-refractivity contribution >= 4 is 0 Å². The second-order valence-corrected chi connectivity index (χ2v) is 4.82. The third-order valence-corrected chi connectivity index (χ3v) is 3.31. The number of ether oxygens (including phenoxy) is 3. The van der Waals surface area contributed by atoms with Gasteiger partial charge in [-0.2, -0.15) is 0 Å². The number of methoxy groups -OCH3 is 1. The first-order valence-electron chi connectivity index (χ1n) is 6.89. The van der Waals surface area contributed by atoms with Crippen molar-refractivity contribution in [3.05, 3.63) is 23.8 Å². The Kier molecular flexibility index (Phi) is 5.48. The van der Waals surface area contributed by atoms with Crippen LogP contribution in [0.3, 0.4) is 0 Å². The molecular weight excluding hydrogens is 242 g/mol. The van der Waals surface area contributed by atoms with Gasteiger partial charge in [0.15, 0.2) is 11.5 Å². The fourth-order valence-electron chi connectivity index (χ4n) is 2.27. The van der Waals surface area contributed by atoms with Gasteiger partial charge in [-0.3, -0.25) is 0 Å². The van der Waals surface area contributed by atoms with Crippen molar-refractivity contribution in [2.45, 2.75) is 31.9 Å². The minimum absolute atomic E-state index is 0.214. The summed E-state index contributed by atoms with van der Waals surface area (Å²) in [6.45, 7) is 2.27. The molecule has 0 saturated carbocycles. The van der Waals surface area contributed by atoms with E-state index in [1.54, 1.807) is 7.11 Å². The Balaban J connectivity index is 1.97. The minimum Gasteiger partial charge on any atom is -0.493 e. The third kappa shape index (κ3) is 4.11. The SMILES string of the molecule is CNCc1ccc(OC)c(OCC2CCCCO2)c1. The topological polar surface area (TPSA) is 39.7 Å². The van der Waals surface area contributed by atoms with Gasteiger partial charge >= 0.3 is 0 Å². The summed E-state index contributed by atoms with van der Waals surface area (Å²) in [4.78, 5) is 0. The van der Waals surface area contributed by atoms with Gasteiger partial charge in [-0.05, 0) is 44.0 Å². The summed E-state index contributed by atoms with van der Waals surface area (Å²) in [5.74, 6) is 1.57. The predicted octanol–water partition coefficient (Wildman–Crippen LogP) is 2.36. The molecule has 1 N–H and O–H groups in total. The van der Waals surface area contributed by atoms with Crippen LogP contribution in [0, 0.1) is 0 Å². The Hall–Kier alpha value is -1.26. The highest BCUT2D eigenvalue weighted by molar-refractivity contribution is 5.42.